The lowest BCUT2D eigenvalue weighted by molar-refractivity contribution is -0.142. The molecule has 1 heterocycles. The Bertz CT molecular complexity index is 549. The van der Waals surface area contributed by atoms with Gasteiger partial charge in [-0.1, -0.05) is 30.3 Å². The molecule has 0 atom stereocenters. The van der Waals surface area contributed by atoms with Gasteiger partial charge in [0.05, 0.1) is 6.42 Å². The highest BCUT2D eigenvalue weighted by Gasteiger charge is 2.44. The zero-order valence-electron chi connectivity index (χ0n) is 12.6. The summed E-state index contributed by atoms with van der Waals surface area (Å²) in [5.74, 6) is -0.499. The molecule has 2 amide bonds. The third-order valence-corrected chi connectivity index (χ3v) is 4.43. The Morgan fingerprint density at radius 1 is 1.18 bits per heavy atom. The van der Waals surface area contributed by atoms with E-state index in [-0.39, 0.29) is 24.8 Å². The molecule has 1 aliphatic heterocycles. The molecule has 2 fully saturated rings. The van der Waals surface area contributed by atoms with Crippen LogP contribution >= 0.6 is 0 Å². The molecule has 1 aromatic rings. The molecule has 1 aliphatic carbocycles. The van der Waals surface area contributed by atoms with Crippen LogP contribution in [-0.2, 0) is 16.0 Å². The number of hydrogen-bond donors (Lipinski definition) is 1. The van der Waals surface area contributed by atoms with Gasteiger partial charge in [-0.3, -0.25) is 9.59 Å². The van der Waals surface area contributed by atoms with Crippen molar-refractivity contribution in [3.8, 4) is 0 Å². The van der Waals surface area contributed by atoms with Gasteiger partial charge in [-0.2, -0.15) is 0 Å². The minimum Gasteiger partial charge on any atom is -0.351 e. The number of nitrogens with one attached hydrogen (secondary N) is 1. The van der Waals surface area contributed by atoms with Gasteiger partial charge in [-0.05, 0) is 18.4 Å². The van der Waals surface area contributed by atoms with Crippen molar-refractivity contribution >= 4 is 11.8 Å². The van der Waals surface area contributed by atoms with Crippen molar-refractivity contribution in [2.75, 3.05) is 13.1 Å². The van der Waals surface area contributed by atoms with Gasteiger partial charge >= 0.3 is 0 Å². The summed E-state index contributed by atoms with van der Waals surface area (Å²) >= 11 is 0. The molecule has 2 aliphatic rings. The van der Waals surface area contributed by atoms with Crippen LogP contribution in [0.5, 0.6) is 0 Å². The summed E-state index contributed by atoms with van der Waals surface area (Å²) in [5.41, 5.74) is -0.859. The predicted octanol–water partition coefficient (Wildman–Crippen LogP) is 1.84. The van der Waals surface area contributed by atoms with Gasteiger partial charge in [-0.25, -0.2) is 4.39 Å². The van der Waals surface area contributed by atoms with Crippen LogP contribution in [0.1, 0.15) is 31.2 Å². The maximum Gasteiger partial charge on any atom is 0.258 e. The van der Waals surface area contributed by atoms with E-state index < -0.39 is 11.6 Å². The van der Waals surface area contributed by atoms with Crippen molar-refractivity contribution in [3.63, 3.8) is 0 Å². The molecule has 5 heteroatoms. The lowest BCUT2D eigenvalue weighted by Gasteiger charge is -2.35. The van der Waals surface area contributed by atoms with Gasteiger partial charge in [-0.15, -0.1) is 0 Å². The Balaban J connectivity index is 1.52. The molecule has 118 valence electrons. The molecule has 1 aromatic carbocycles. The maximum absolute atomic E-state index is 14.7. The topological polar surface area (TPSA) is 49.4 Å². The molecule has 0 bridgehead atoms. The Morgan fingerprint density at radius 2 is 1.82 bits per heavy atom. The third kappa shape index (κ3) is 3.46. The quantitative estimate of drug-likeness (QED) is 0.923. The molecule has 0 radical (unpaired) electrons. The highest BCUT2D eigenvalue weighted by Crippen LogP contribution is 2.29. The molecule has 0 unspecified atom stereocenters. The summed E-state index contributed by atoms with van der Waals surface area (Å²) in [5, 5.41) is 2.73. The average Bonchev–Trinajstić information content (AvgIpc) is 3.33. The number of carbonyl (C=O) groups excluding carboxylic acids is 2. The fourth-order valence-electron chi connectivity index (χ4n) is 2.76. The molecule has 4 nitrogen and oxygen atoms in total. The summed E-state index contributed by atoms with van der Waals surface area (Å²) in [6, 6.07) is 9.68. The first-order chi connectivity index (χ1) is 10.6. The number of nitrogens with zero attached hydrogens (tertiary/aromatic N) is 1. The van der Waals surface area contributed by atoms with Crippen LogP contribution in [0.2, 0.25) is 0 Å². The number of halogens is 1. The summed E-state index contributed by atoms with van der Waals surface area (Å²) < 4.78 is 14.7. The molecule has 1 saturated carbocycles. The van der Waals surface area contributed by atoms with E-state index in [0.717, 1.165) is 18.4 Å². The standard InChI is InChI=1S/C17H21FN2O2/c18-17(16(22)19-14-6-7-14)8-10-20(11-9-17)15(21)12-13-4-2-1-3-5-13/h1-5,14H,6-12H2,(H,19,22). The normalized spacial score (nSPS) is 20.5. The highest BCUT2D eigenvalue weighted by molar-refractivity contribution is 5.86. The Hall–Kier alpha value is -1.91. The van der Waals surface area contributed by atoms with E-state index in [4.69, 9.17) is 0 Å². The minimum atomic E-state index is -1.81. The molecule has 0 aromatic heterocycles. The van der Waals surface area contributed by atoms with Crippen LogP contribution < -0.4 is 5.32 Å². The highest BCUT2D eigenvalue weighted by atomic mass is 19.1. The molecular formula is C17H21FN2O2. The summed E-state index contributed by atoms with van der Waals surface area (Å²) in [6.45, 7) is 0.612. The van der Waals surface area contributed by atoms with Crippen molar-refractivity contribution < 1.29 is 14.0 Å². The van der Waals surface area contributed by atoms with Gasteiger partial charge in [0.1, 0.15) is 0 Å². The lowest BCUT2D eigenvalue weighted by atomic mass is 9.92. The summed E-state index contributed by atoms with van der Waals surface area (Å²) in [7, 11) is 0. The Kier molecular flexibility index (Phi) is 4.14. The Labute approximate surface area is 129 Å². The van der Waals surface area contributed by atoms with Crippen molar-refractivity contribution in [2.24, 2.45) is 0 Å². The molecule has 1 N–H and O–H groups in total. The third-order valence-electron chi connectivity index (χ3n) is 4.43. The van der Waals surface area contributed by atoms with E-state index in [0.29, 0.717) is 19.5 Å². The number of amides is 2. The zero-order valence-corrected chi connectivity index (χ0v) is 12.6. The summed E-state index contributed by atoms with van der Waals surface area (Å²) in [4.78, 5) is 25.8. The first kappa shape index (κ1) is 15.0. The molecule has 1 saturated heterocycles. The van der Waals surface area contributed by atoms with Crippen molar-refractivity contribution in [1.82, 2.24) is 10.2 Å². The second-order valence-electron chi connectivity index (χ2n) is 6.26. The predicted molar refractivity (Wildman–Crippen MR) is 81.0 cm³/mol. The van der Waals surface area contributed by atoms with Crippen LogP contribution in [0.25, 0.3) is 0 Å². The summed E-state index contributed by atoms with van der Waals surface area (Å²) in [6.07, 6.45) is 2.40. The first-order valence-electron chi connectivity index (χ1n) is 7.88. The van der Waals surface area contributed by atoms with Crippen molar-refractivity contribution in [3.05, 3.63) is 35.9 Å². The zero-order chi connectivity index (χ0) is 15.6. The van der Waals surface area contributed by atoms with Gasteiger partial charge < -0.3 is 10.2 Å². The fourth-order valence-corrected chi connectivity index (χ4v) is 2.76. The van der Waals surface area contributed by atoms with E-state index in [2.05, 4.69) is 5.32 Å². The van der Waals surface area contributed by atoms with E-state index >= 15 is 0 Å². The minimum absolute atomic E-state index is 0.00384. The molecule has 0 spiro atoms. The van der Waals surface area contributed by atoms with Gasteiger partial charge in [0, 0.05) is 32.0 Å². The van der Waals surface area contributed by atoms with Crippen LogP contribution in [0, 0.1) is 0 Å². The SMILES string of the molecule is O=C(Cc1ccccc1)N1CCC(F)(C(=O)NC2CC2)CC1. The van der Waals surface area contributed by atoms with Gasteiger partial charge in [0.15, 0.2) is 5.67 Å². The van der Waals surface area contributed by atoms with Gasteiger partial charge in [0.25, 0.3) is 5.91 Å². The van der Waals surface area contributed by atoms with E-state index in [1.54, 1.807) is 4.90 Å². The van der Waals surface area contributed by atoms with E-state index in [1.807, 2.05) is 30.3 Å². The first-order valence-corrected chi connectivity index (χ1v) is 7.88. The monoisotopic (exact) mass is 304 g/mol. The maximum atomic E-state index is 14.7. The van der Waals surface area contributed by atoms with Crippen molar-refractivity contribution in [1.29, 1.82) is 0 Å². The van der Waals surface area contributed by atoms with E-state index in [1.165, 1.54) is 0 Å². The fraction of sp³-hybridized carbons (Fsp3) is 0.529. The van der Waals surface area contributed by atoms with Crippen LogP contribution in [0.3, 0.4) is 0 Å². The lowest BCUT2D eigenvalue weighted by Crippen LogP contribution is -2.52. The second kappa shape index (κ2) is 6.07. The number of benzene rings is 1. The average molecular weight is 304 g/mol. The molecule has 3 rings (SSSR count). The number of carbonyl (C=O) groups is 2. The van der Waals surface area contributed by atoms with Crippen LogP contribution in [0.15, 0.2) is 30.3 Å². The van der Waals surface area contributed by atoms with Crippen molar-refractivity contribution in [2.45, 2.75) is 43.8 Å². The number of likely N-dealkylation sites (tertiary alicyclic amines) is 1. The number of rotatable bonds is 4. The van der Waals surface area contributed by atoms with E-state index in [9.17, 15) is 14.0 Å². The van der Waals surface area contributed by atoms with Crippen LogP contribution in [0.4, 0.5) is 4.39 Å². The Morgan fingerprint density at radius 3 is 2.41 bits per heavy atom. The van der Waals surface area contributed by atoms with Crippen LogP contribution in [-0.4, -0.2) is 41.5 Å². The molecule has 22 heavy (non-hydrogen) atoms. The number of hydrogen-bond acceptors (Lipinski definition) is 2. The second-order valence-corrected chi connectivity index (χ2v) is 6.26. The largest absolute Gasteiger partial charge is 0.351 e. The number of alkyl halides is 1. The number of piperidine rings is 1. The smallest absolute Gasteiger partial charge is 0.258 e. The molecular weight excluding hydrogens is 283 g/mol. The van der Waals surface area contributed by atoms with Gasteiger partial charge in [0.2, 0.25) is 5.91 Å².